The van der Waals surface area contributed by atoms with Crippen LogP contribution in [0, 0.1) is 13.8 Å². The van der Waals surface area contributed by atoms with Crippen LogP contribution in [-0.4, -0.2) is 16.1 Å². The van der Waals surface area contributed by atoms with Crippen LogP contribution in [0.2, 0.25) is 0 Å². The second-order valence-electron chi connectivity index (χ2n) is 17.7. The van der Waals surface area contributed by atoms with E-state index in [1.165, 1.54) is 96.4 Å². The van der Waals surface area contributed by atoms with Gasteiger partial charge >= 0.3 is 0 Å². The lowest BCUT2D eigenvalue weighted by Crippen LogP contribution is -2.74. The molecule has 0 unspecified atom stereocenters. The zero-order valence-electron chi connectivity index (χ0n) is 37.4. The van der Waals surface area contributed by atoms with Gasteiger partial charge in [0.2, 0.25) is 0 Å². The van der Waals surface area contributed by atoms with Gasteiger partial charge in [-0.15, -0.1) is 0 Å². The van der Waals surface area contributed by atoms with Crippen molar-refractivity contribution in [3.8, 4) is 22.3 Å². The zero-order valence-corrected chi connectivity index (χ0v) is 39.4. The van der Waals surface area contributed by atoms with Crippen molar-refractivity contribution in [3.63, 3.8) is 0 Å². The molecule has 0 fully saturated rings. The van der Waals surface area contributed by atoms with Crippen LogP contribution in [0.3, 0.4) is 0 Å². The van der Waals surface area contributed by atoms with Gasteiger partial charge in [0.05, 0.1) is 0 Å². The molecular formula is C64H50Si2. The summed E-state index contributed by atoms with van der Waals surface area (Å²) in [6.45, 7) is 4.47. The van der Waals surface area contributed by atoms with Crippen LogP contribution in [0.5, 0.6) is 0 Å². The second kappa shape index (κ2) is 17.4. The van der Waals surface area contributed by atoms with E-state index in [0.717, 1.165) is 0 Å². The molecule has 0 radical (unpaired) electrons. The molecular weight excluding hydrogens is 825 g/mol. The Morgan fingerprint density at radius 3 is 0.742 bits per heavy atom. The van der Waals surface area contributed by atoms with E-state index in [0.29, 0.717) is 0 Å². The van der Waals surface area contributed by atoms with Gasteiger partial charge in [-0.3, -0.25) is 0 Å². The molecule has 0 nitrogen and oxygen atoms in total. The van der Waals surface area contributed by atoms with Gasteiger partial charge < -0.3 is 0 Å². The highest BCUT2D eigenvalue weighted by Gasteiger charge is 2.43. The lowest BCUT2D eigenvalue weighted by molar-refractivity contribution is 1.49. The molecule has 11 rings (SSSR count). The SMILES string of the molecule is Cc1ccc2c(-c3cccc([Si](c4ccccc4)(c4ccccc4)c4ccccc4)c3)c3cc(C)ccc3c(-c3cccc([Si](c4ccccc4)(c4ccccc4)c4ccccc4)c3)c2c1. The first kappa shape index (κ1) is 41.1. The van der Waals surface area contributed by atoms with Crippen molar-refractivity contribution in [1.29, 1.82) is 0 Å². The fourth-order valence-corrected chi connectivity index (χ4v) is 20.6. The maximum Gasteiger partial charge on any atom is 0.179 e. The first-order valence-corrected chi connectivity index (χ1v) is 27.1. The highest BCUT2D eigenvalue weighted by Crippen LogP contribution is 2.44. The van der Waals surface area contributed by atoms with Crippen molar-refractivity contribution >= 4 is 79.2 Å². The highest BCUT2D eigenvalue weighted by molar-refractivity contribution is 7.20. The molecule has 11 aromatic carbocycles. The summed E-state index contributed by atoms with van der Waals surface area (Å²) in [4.78, 5) is 0. The molecule has 66 heavy (non-hydrogen) atoms. The molecule has 314 valence electrons. The summed E-state index contributed by atoms with van der Waals surface area (Å²) in [6, 6.07) is 101. The third-order valence-corrected chi connectivity index (χ3v) is 23.4. The van der Waals surface area contributed by atoms with Crippen LogP contribution in [0.15, 0.2) is 267 Å². The maximum absolute atomic E-state index is 2.79. The number of fused-ring (bicyclic) bond motifs is 2. The summed E-state index contributed by atoms with van der Waals surface area (Å²) in [5.41, 5.74) is 7.53. The van der Waals surface area contributed by atoms with Gasteiger partial charge in [-0.25, -0.2) is 0 Å². The topological polar surface area (TPSA) is 0 Å². The Morgan fingerprint density at radius 2 is 0.470 bits per heavy atom. The Bertz CT molecular complexity index is 3030. The van der Waals surface area contributed by atoms with Crippen molar-refractivity contribution in [3.05, 3.63) is 278 Å². The Labute approximate surface area is 391 Å². The van der Waals surface area contributed by atoms with Gasteiger partial charge in [0.1, 0.15) is 0 Å². The molecule has 2 heteroatoms. The lowest BCUT2D eigenvalue weighted by Gasteiger charge is -2.35. The number of rotatable bonds is 10. The molecule has 0 heterocycles. The van der Waals surface area contributed by atoms with Crippen molar-refractivity contribution in [2.45, 2.75) is 13.8 Å². The van der Waals surface area contributed by atoms with Crippen LogP contribution >= 0.6 is 0 Å². The Hall–Kier alpha value is -7.63. The third kappa shape index (κ3) is 6.89. The highest BCUT2D eigenvalue weighted by atomic mass is 28.3. The summed E-state index contributed by atoms with van der Waals surface area (Å²) < 4.78 is 0. The van der Waals surface area contributed by atoms with E-state index in [1.807, 2.05) is 0 Å². The van der Waals surface area contributed by atoms with Crippen LogP contribution in [-0.2, 0) is 0 Å². The van der Waals surface area contributed by atoms with E-state index in [4.69, 9.17) is 0 Å². The van der Waals surface area contributed by atoms with E-state index in [-0.39, 0.29) is 0 Å². The van der Waals surface area contributed by atoms with Crippen molar-refractivity contribution < 1.29 is 0 Å². The molecule has 0 atom stereocenters. The predicted molar refractivity (Wildman–Crippen MR) is 289 cm³/mol. The first-order chi connectivity index (χ1) is 32.6. The van der Waals surface area contributed by atoms with E-state index < -0.39 is 16.1 Å². The van der Waals surface area contributed by atoms with Crippen LogP contribution in [0.1, 0.15) is 11.1 Å². The molecule has 0 saturated heterocycles. The van der Waals surface area contributed by atoms with Crippen molar-refractivity contribution in [1.82, 2.24) is 0 Å². The molecule has 0 aromatic heterocycles. The molecule has 0 spiro atoms. The van der Waals surface area contributed by atoms with Crippen LogP contribution in [0.4, 0.5) is 0 Å². The molecule has 0 amide bonds. The van der Waals surface area contributed by atoms with Crippen LogP contribution < -0.4 is 41.5 Å². The quantitative estimate of drug-likeness (QED) is 0.0730. The van der Waals surface area contributed by atoms with E-state index in [1.54, 1.807) is 0 Å². The molecule has 11 aromatic rings. The van der Waals surface area contributed by atoms with E-state index in [9.17, 15) is 0 Å². The number of benzene rings is 11. The molecule has 0 aliphatic heterocycles. The van der Waals surface area contributed by atoms with Gasteiger partial charge in [-0.2, -0.15) is 0 Å². The van der Waals surface area contributed by atoms with E-state index >= 15 is 0 Å². The minimum Gasteiger partial charge on any atom is -0.0623 e. The largest absolute Gasteiger partial charge is 0.179 e. The number of hydrogen-bond donors (Lipinski definition) is 0. The molecule has 0 aliphatic carbocycles. The summed E-state index contributed by atoms with van der Waals surface area (Å²) >= 11 is 0. The molecule has 0 aliphatic rings. The second-order valence-corrected chi connectivity index (χ2v) is 25.3. The maximum atomic E-state index is 2.54. The number of aryl methyl sites for hydroxylation is 2. The van der Waals surface area contributed by atoms with Crippen molar-refractivity contribution in [2.24, 2.45) is 0 Å². The summed E-state index contributed by atoms with van der Waals surface area (Å²) in [5.74, 6) is 0. The average Bonchev–Trinajstić information content (AvgIpc) is 3.38. The van der Waals surface area contributed by atoms with Crippen molar-refractivity contribution in [2.75, 3.05) is 0 Å². The van der Waals surface area contributed by atoms with E-state index in [2.05, 4.69) is 281 Å². The Morgan fingerprint density at radius 1 is 0.212 bits per heavy atom. The average molecular weight is 875 g/mol. The summed E-state index contributed by atoms with van der Waals surface area (Å²) in [7, 11) is -5.57. The van der Waals surface area contributed by atoms with Crippen LogP contribution in [0.25, 0.3) is 43.8 Å². The van der Waals surface area contributed by atoms with Gasteiger partial charge in [0, 0.05) is 0 Å². The Kier molecular flexibility index (Phi) is 10.8. The predicted octanol–water partition coefficient (Wildman–Crippen LogP) is 10.7. The van der Waals surface area contributed by atoms with Gasteiger partial charge in [0.15, 0.2) is 16.1 Å². The van der Waals surface area contributed by atoms with Gasteiger partial charge in [-0.05, 0) is 99.1 Å². The first-order valence-electron chi connectivity index (χ1n) is 23.1. The summed E-state index contributed by atoms with van der Waals surface area (Å²) in [5, 5.41) is 16.0. The Balaban J connectivity index is 1.20. The molecule has 0 bridgehead atoms. The zero-order chi connectivity index (χ0) is 44.5. The summed E-state index contributed by atoms with van der Waals surface area (Å²) in [6.07, 6.45) is 0. The number of hydrogen-bond acceptors (Lipinski definition) is 0. The minimum absolute atomic E-state index is 1.24. The molecule has 0 saturated carbocycles. The molecule has 0 N–H and O–H groups in total. The third-order valence-electron chi connectivity index (χ3n) is 13.8. The smallest absolute Gasteiger partial charge is 0.0623 e. The standard InChI is InChI=1S/C64H50Si2/c1-47-39-41-59-61(43-47)63(49-23-21-37-57(45-49)65(51-25-9-3-10-26-51,52-27-11-4-12-28-52)53-29-13-5-14-30-53)60-42-40-48(2)44-62(60)64(59)50-24-22-38-58(46-50)66(54-31-15-6-16-32-54,55-33-17-7-18-34-55)56-35-19-8-20-36-56/h3-46H,1-2H3. The van der Waals surface area contributed by atoms with Gasteiger partial charge in [0.25, 0.3) is 0 Å². The van der Waals surface area contributed by atoms with Gasteiger partial charge in [-0.1, -0.05) is 278 Å². The minimum atomic E-state index is -2.79. The fourth-order valence-electron chi connectivity index (χ4n) is 11.0. The lowest BCUT2D eigenvalue weighted by atomic mass is 9.85. The monoisotopic (exact) mass is 874 g/mol. The normalized spacial score (nSPS) is 11.8. The fraction of sp³-hybridized carbons (Fsp3) is 0.0312.